The van der Waals surface area contributed by atoms with Crippen molar-refractivity contribution in [3.63, 3.8) is 0 Å². The fourth-order valence-electron chi connectivity index (χ4n) is 6.31. The number of pyridine rings is 1. The first-order valence-corrected chi connectivity index (χ1v) is 12.7. The Hall–Kier alpha value is -2.40. The molecule has 0 amide bonds. The van der Waals surface area contributed by atoms with Crippen LogP contribution >= 0.6 is 0 Å². The molecule has 174 valence electrons. The monoisotopic (exact) mass is 445 g/mol. The van der Waals surface area contributed by atoms with Gasteiger partial charge in [-0.1, -0.05) is 30.2 Å². The van der Waals surface area contributed by atoms with Crippen LogP contribution in [0.4, 0.5) is 0 Å². The van der Waals surface area contributed by atoms with Gasteiger partial charge in [0.05, 0.1) is 22.3 Å². The summed E-state index contributed by atoms with van der Waals surface area (Å²) in [5.41, 5.74) is 4.62. The Morgan fingerprint density at radius 1 is 1.12 bits per heavy atom. The van der Waals surface area contributed by atoms with E-state index in [1.165, 1.54) is 54.6 Å². The number of aromatic nitrogens is 3. The predicted molar refractivity (Wildman–Crippen MR) is 131 cm³/mol. The van der Waals surface area contributed by atoms with Gasteiger partial charge in [-0.2, -0.15) is 0 Å². The molecule has 0 aliphatic heterocycles. The topological polar surface area (TPSA) is 64.1 Å². The first-order chi connectivity index (χ1) is 15.8. The highest BCUT2D eigenvalue weighted by Gasteiger charge is 2.39. The third-order valence-electron chi connectivity index (χ3n) is 8.65. The minimum atomic E-state index is -0.743. The molecular formula is C28H35N3O2. The van der Waals surface area contributed by atoms with Gasteiger partial charge in [-0.25, -0.2) is 0 Å². The van der Waals surface area contributed by atoms with E-state index in [2.05, 4.69) is 27.9 Å². The molecule has 5 nitrogen and oxygen atoms in total. The highest BCUT2D eigenvalue weighted by Crippen LogP contribution is 2.47. The quantitative estimate of drug-likeness (QED) is 0.613. The van der Waals surface area contributed by atoms with Gasteiger partial charge in [-0.15, -0.1) is 0 Å². The van der Waals surface area contributed by atoms with E-state index in [4.69, 9.17) is 9.51 Å². The average Bonchev–Trinajstić information content (AvgIpc) is 3.19. The molecule has 5 heteroatoms. The standard InChI is InChI=1S/C28H35N3O2/c1-16-25(17(2)33-30-16)20-13-24-26(29-15-20)22-12-11-21(28(3,4)32)14-23(22)31(24)27(18-7-5-8-18)19-9-6-10-19/h12-15,18-19,21,27,32H,5-11H2,1-4H3. The Labute approximate surface area is 195 Å². The van der Waals surface area contributed by atoms with Crippen molar-refractivity contribution >= 4 is 23.2 Å². The lowest BCUT2D eigenvalue weighted by Gasteiger charge is -2.44. The SMILES string of the molecule is Cc1noc(C)c1-c1cnc2c3c(n(C(C4CCC4)C4CCC4)c2c1)=CC(C(C)(C)O)CC=3. The summed E-state index contributed by atoms with van der Waals surface area (Å²) in [5, 5.41) is 17.5. The highest BCUT2D eigenvalue weighted by atomic mass is 16.5. The third-order valence-corrected chi connectivity index (χ3v) is 8.65. The molecule has 2 fully saturated rings. The zero-order chi connectivity index (χ0) is 22.9. The minimum Gasteiger partial charge on any atom is -0.390 e. The van der Waals surface area contributed by atoms with Crippen molar-refractivity contribution in [2.75, 3.05) is 0 Å². The van der Waals surface area contributed by atoms with Gasteiger partial charge < -0.3 is 14.2 Å². The number of rotatable bonds is 5. The van der Waals surface area contributed by atoms with Crippen LogP contribution in [0.5, 0.6) is 0 Å². The van der Waals surface area contributed by atoms with Crippen molar-refractivity contribution < 1.29 is 9.63 Å². The molecule has 3 aliphatic carbocycles. The number of aliphatic hydroxyl groups is 1. The lowest BCUT2D eigenvalue weighted by Crippen LogP contribution is -2.44. The molecule has 3 aromatic heterocycles. The van der Waals surface area contributed by atoms with E-state index in [-0.39, 0.29) is 5.92 Å². The summed E-state index contributed by atoms with van der Waals surface area (Å²) >= 11 is 0. The van der Waals surface area contributed by atoms with Crippen molar-refractivity contribution in [1.29, 1.82) is 0 Å². The lowest BCUT2D eigenvalue weighted by atomic mass is 9.68. The van der Waals surface area contributed by atoms with Gasteiger partial charge in [0.25, 0.3) is 0 Å². The van der Waals surface area contributed by atoms with Gasteiger partial charge in [0, 0.05) is 39.9 Å². The van der Waals surface area contributed by atoms with Crippen molar-refractivity contribution in [2.24, 2.45) is 17.8 Å². The van der Waals surface area contributed by atoms with Crippen molar-refractivity contribution in [3.05, 3.63) is 34.3 Å². The smallest absolute Gasteiger partial charge is 0.141 e. The van der Waals surface area contributed by atoms with Gasteiger partial charge in [-0.05, 0) is 77.7 Å². The van der Waals surface area contributed by atoms with Crippen molar-refractivity contribution in [1.82, 2.24) is 14.7 Å². The molecule has 0 aromatic carbocycles. The second-order valence-corrected chi connectivity index (χ2v) is 11.2. The molecule has 3 aliphatic rings. The lowest BCUT2D eigenvalue weighted by molar-refractivity contribution is 0.0446. The molecule has 0 bridgehead atoms. The maximum absolute atomic E-state index is 10.8. The summed E-state index contributed by atoms with van der Waals surface area (Å²) in [6.45, 7) is 7.85. The number of nitrogens with zero attached hydrogens (tertiary/aromatic N) is 3. The molecule has 0 radical (unpaired) electrons. The number of hydrogen-bond acceptors (Lipinski definition) is 4. The molecule has 3 aromatic rings. The van der Waals surface area contributed by atoms with Crippen molar-refractivity contribution in [2.45, 2.75) is 84.3 Å². The van der Waals surface area contributed by atoms with Crippen LogP contribution in [0.3, 0.4) is 0 Å². The average molecular weight is 446 g/mol. The molecular weight excluding hydrogens is 410 g/mol. The van der Waals surface area contributed by atoms with E-state index < -0.39 is 5.60 Å². The summed E-state index contributed by atoms with van der Waals surface area (Å²) in [6, 6.07) is 2.84. The molecule has 1 N–H and O–H groups in total. The predicted octanol–water partition coefficient (Wildman–Crippen LogP) is 4.80. The van der Waals surface area contributed by atoms with Crippen LogP contribution in [0.2, 0.25) is 0 Å². The van der Waals surface area contributed by atoms with Crippen LogP contribution in [-0.2, 0) is 0 Å². The Bertz CT molecular complexity index is 1300. The fraction of sp³-hybridized carbons (Fsp3) is 0.571. The highest BCUT2D eigenvalue weighted by molar-refractivity contribution is 5.84. The first kappa shape index (κ1) is 21.2. The largest absolute Gasteiger partial charge is 0.390 e. The van der Waals surface area contributed by atoms with Crippen LogP contribution in [0.25, 0.3) is 34.3 Å². The molecule has 1 unspecified atom stereocenters. The Balaban J connectivity index is 1.64. The number of fused-ring (bicyclic) bond motifs is 3. The molecule has 6 rings (SSSR count). The minimum absolute atomic E-state index is 0.110. The molecule has 0 saturated heterocycles. The molecule has 2 saturated carbocycles. The number of aryl methyl sites for hydroxylation is 2. The summed E-state index contributed by atoms with van der Waals surface area (Å²) in [6.07, 6.45) is 15.5. The van der Waals surface area contributed by atoms with E-state index in [1.54, 1.807) is 0 Å². The van der Waals surface area contributed by atoms with E-state index in [0.717, 1.165) is 46.4 Å². The molecule has 33 heavy (non-hydrogen) atoms. The van der Waals surface area contributed by atoms with Gasteiger partial charge in [0.1, 0.15) is 5.76 Å². The Kier molecular flexibility index (Phi) is 4.84. The zero-order valence-corrected chi connectivity index (χ0v) is 20.3. The Morgan fingerprint density at radius 3 is 2.36 bits per heavy atom. The fourth-order valence-corrected chi connectivity index (χ4v) is 6.31. The zero-order valence-electron chi connectivity index (χ0n) is 20.3. The van der Waals surface area contributed by atoms with E-state index >= 15 is 0 Å². The Morgan fingerprint density at radius 2 is 1.82 bits per heavy atom. The van der Waals surface area contributed by atoms with Gasteiger partial charge in [0.15, 0.2) is 0 Å². The van der Waals surface area contributed by atoms with Crippen LogP contribution in [0, 0.1) is 31.6 Å². The van der Waals surface area contributed by atoms with Crippen molar-refractivity contribution in [3.8, 4) is 11.1 Å². The van der Waals surface area contributed by atoms with Gasteiger partial charge in [0.2, 0.25) is 0 Å². The van der Waals surface area contributed by atoms with E-state index in [0.29, 0.717) is 6.04 Å². The van der Waals surface area contributed by atoms with E-state index in [9.17, 15) is 5.11 Å². The summed E-state index contributed by atoms with van der Waals surface area (Å²) in [5.74, 6) is 2.44. The third kappa shape index (κ3) is 3.30. The van der Waals surface area contributed by atoms with Gasteiger partial charge in [-0.3, -0.25) is 4.98 Å². The first-order valence-electron chi connectivity index (χ1n) is 12.7. The molecule has 0 spiro atoms. The van der Waals surface area contributed by atoms with Crippen LogP contribution in [0.1, 0.15) is 76.3 Å². The maximum Gasteiger partial charge on any atom is 0.141 e. The normalized spacial score (nSPS) is 21.5. The second kappa shape index (κ2) is 7.56. The summed E-state index contributed by atoms with van der Waals surface area (Å²) < 4.78 is 8.12. The molecule has 1 atom stereocenters. The maximum atomic E-state index is 10.8. The van der Waals surface area contributed by atoms with Crippen LogP contribution in [0.15, 0.2) is 16.8 Å². The summed E-state index contributed by atoms with van der Waals surface area (Å²) in [7, 11) is 0. The van der Waals surface area contributed by atoms with Gasteiger partial charge >= 0.3 is 0 Å². The van der Waals surface area contributed by atoms with Crippen LogP contribution in [-0.4, -0.2) is 25.4 Å². The summed E-state index contributed by atoms with van der Waals surface area (Å²) in [4.78, 5) is 5.03. The second-order valence-electron chi connectivity index (χ2n) is 11.2. The van der Waals surface area contributed by atoms with E-state index in [1.807, 2.05) is 33.9 Å². The molecule has 3 heterocycles. The number of hydrogen-bond donors (Lipinski definition) is 1. The van der Waals surface area contributed by atoms with Crippen LogP contribution < -0.4 is 10.6 Å².